The standard InChI is InChI=1S/C20H15BrN4O2/c21-12-3-1-2-10(4-12)14-7-15(14)19(26)24-13-5-16-18-11(8-22-17(18)6-13)9-23-25-20(16)27/h1-6,8-9,14-15,22H,7H2,(H,24,26)(H,25,27). The lowest BCUT2D eigenvalue weighted by molar-refractivity contribution is -0.117. The molecule has 1 fully saturated rings. The number of aromatic nitrogens is 1. The molecule has 2 atom stereocenters. The summed E-state index contributed by atoms with van der Waals surface area (Å²) in [5, 5.41) is 7.69. The van der Waals surface area contributed by atoms with Crippen LogP contribution in [0, 0.1) is 5.92 Å². The van der Waals surface area contributed by atoms with Gasteiger partial charge in [0.05, 0.1) is 11.8 Å². The fourth-order valence-electron chi connectivity index (χ4n) is 3.69. The van der Waals surface area contributed by atoms with E-state index in [-0.39, 0.29) is 23.7 Å². The zero-order valence-electron chi connectivity index (χ0n) is 14.1. The molecule has 3 aromatic rings. The van der Waals surface area contributed by atoms with Crippen LogP contribution in [0.2, 0.25) is 0 Å². The summed E-state index contributed by atoms with van der Waals surface area (Å²) in [4.78, 5) is 28.1. The Hall–Kier alpha value is -2.93. The number of nitrogens with zero attached hydrogens (tertiary/aromatic N) is 1. The second-order valence-electron chi connectivity index (χ2n) is 6.88. The van der Waals surface area contributed by atoms with Gasteiger partial charge < -0.3 is 10.3 Å². The molecule has 6 nitrogen and oxygen atoms in total. The molecule has 2 aliphatic rings. The third-order valence-electron chi connectivity index (χ3n) is 5.10. The van der Waals surface area contributed by atoms with Gasteiger partial charge in [0, 0.05) is 38.7 Å². The first-order chi connectivity index (χ1) is 13.1. The van der Waals surface area contributed by atoms with Crippen LogP contribution >= 0.6 is 15.9 Å². The largest absolute Gasteiger partial charge is 0.360 e. The number of benzene rings is 2. The van der Waals surface area contributed by atoms with Crippen LogP contribution in [-0.2, 0) is 4.79 Å². The van der Waals surface area contributed by atoms with Gasteiger partial charge in [-0.3, -0.25) is 9.59 Å². The number of hydrazone groups is 1. The minimum Gasteiger partial charge on any atom is -0.360 e. The Morgan fingerprint density at radius 1 is 1.26 bits per heavy atom. The minimum absolute atomic E-state index is 0.0245. The van der Waals surface area contributed by atoms with Crippen LogP contribution in [0.5, 0.6) is 0 Å². The summed E-state index contributed by atoms with van der Waals surface area (Å²) in [5.74, 6) is -0.125. The van der Waals surface area contributed by atoms with Crippen LogP contribution in [0.15, 0.2) is 52.2 Å². The van der Waals surface area contributed by atoms with E-state index in [4.69, 9.17) is 0 Å². The predicted octanol–water partition coefficient (Wildman–Crippen LogP) is 3.75. The highest BCUT2D eigenvalue weighted by molar-refractivity contribution is 9.10. The quantitative estimate of drug-likeness (QED) is 0.600. The Morgan fingerprint density at radius 2 is 2.15 bits per heavy atom. The van der Waals surface area contributed by atoms with Crippen molar-refractivity contribution in [2.45, 2.75) is 12.3 Å². The number of rotatable bonds is 3. The van der Waals surface area contributed by atoms with Gasteiger partial charge in [-0.2, -0.15) is 5.10 Å². The third-order valence-corrected chi connectivity index (χ3v) is 5.59. The number of hydrogen-bond donors (Lipinski definition) is 3. The highest BCUT2D eigenvalue weighted by Gasteiger charge is 2.44. The molecule has 134 valence electrons. The summed E-state index contributed by atoms with van der Waals surface area (Å²) in [6.07, 6.45) is 4.24. The number of carbonyl (C=O) groups is 2. The minimum atomic E-state index is -0.288. The molecule has 2 heterocycles. The zero-order chi connectivity index (χ0) is 18.5. The van der Waals surface area contributed by atoms with Crippen LogP contribution in [-0.4, -0.2) is 23.0 Å². The number of amides is 2. The van der Waals surface area contributed by atoms with Crippen molar-refractivity contribution in [3.8, 4) is 0 Å². The second kappa shape index (κ2) is 6.06. The predicted molar refractivity (Wildman–Crippen MR) is 107 cm³/mol. The lowest BCUT2D eigenvalue weighted by Gasteiger charge is -2.09. The van der Waals surface area contributed by atoms with Gasteiger partial charge >= 0.3 is 0 Å². The van der Waals surface area contributed by atoms with Crippen LogP contribution in [0.4, 0.5) is 5.69 Å². The van der Waals surface area contributed by atoms with E-state index in [1.165, 1.54) is 0 Å². The molecule has 7 heteroatoms. The average molecular weight is 423 g/mol. The Balaban J connectivity index is 1.40. The van der Waals surface area contributed by atoms with Crippen molar-refractivity contribution >= 4 is 50.5 Å². The molecule has 1 aromatic heterocycles. The van der Waals surface area contributed by atoms with Gasteiger partial charge in [-0.15, -0.1) is 0 Å². The maximum atomic E-state index is 12.7. The molecule has 27 heavy (non-hydrogen) atoms. The van der Waals surface area contributed by atoms with Crippen molar-refractivity contribution in [3.63, 3.8) is 0 Å². The first kappa shape index (κ1) is 16.3. The Labute approximate surface area is 163 Å². The molecule has 0 spiro atoms. The average Bonchev–Trinajstić information content (AvgIpc) is 3.38. The number of nitrogens with one attached hydrogen (secondary N) is 3. The Morgan fingerprint density at radius 3 is 3.00 bits per heavy atom. The second-order valence-corrected chi connectivity index (χ2v) is 7.80. The van der Waals surface area contributed by atoms with E-state index in [0.717, 1.165) is 32.9 Å². The summed E-state index contributed by atoms with van der Waals surface area (Å²) in [7, 11) is 0. The summed E-state index contributed by atoms with van der Waals surface area (Å²) in [5.41, 5.74) is 6.38. The van der Waals surface area contributed by atoms with Gasteiger partial charge in [0.25, 0.3) is 5.91 Å². The van der Waals surface area contributed by atoms with Gasteiger partial charge in [0.2, 0.25) is 5.91 Å². The zero-order valence-corrected chi connectivity index (χ0v) is 15.7. The monoisotopic (exact) mass is 422 g/mol. The van der Waals surface area contributed by atoms with Crippen molar-refractivity contribution < 1.29 is 9.59 Å². The molecule has 5 rings (SSSR count). The number of halogens is 1. The molecular formula is C20H15BrN4O2. The molecule has 1 saturated carbocycles. The fourth-order valence-corrected chi connectivity index (χ4v) is 4.11. The molecular weight excluding hydrogens is 408 g/mol. The molecule has 3 N–H and O–H groups in total. The third kappa shape index (κ3) is 2.84. The maximum Gasteiger partial charge on any atom is 0.272 e. The van der Waals surface area contributed by atoms with E-state index in [1.807, 2.05) is 24.3 Å². The van der Waals surface area contributed by atoms with E-state index in [2.05, 4.69) is 42.8 Å². The molecule has 1 aliphatic heterocycles. The smallest absolute Gasteiger partial charge is 0.272 e. The number of H-pyrrole nitrogens is 1. The molecule has 2 unspecified atom stereocenters. The van der Waals surface area contributed by atoms with E-state index >= 15 is 0 Å². The van der Waals surface area contributed by atoms with Crippen molar-refractivity contribution in [3.05, 3.63) is 63.8 Å². The van der Waals surface area contributed by atoms with Crippen LogP contribution in [0.3, 0.4) is 0 Å². The van der Waals surface area contributed by atoms with E-state index in [9.17, 15) is 9.59 Å². The highest BCUT2D eigenvalue weighted by Crippen LogP contribution is 2.48. The lowest BCUT2D eigenvalue weighted by atomic mass is 10.0. The topological polar surface area (TPSA) is 86.3 Å². The van der Waals surface area contributed by atoms with E-state index in [1.54, 1.807) is 18.5 Å². The van der Waals surface area contributed by atoms with Crippen LogP contribution in [0.25, 0.3) is 10.9 Å². The molecule has 0 bridgehead atoms. The summed E-state index contributed by atoms with van der Waals surface area (Å²) >= 11 is 3.48. The SMILES string of the molecule is O=C1NN=Cc2c[nH]c3cc(NC(=O)C4CC4c4cccc(Br)c4)cc1c23. The van der Waals surface area contributed by atoms with Crippen molar-refractivity contribution in [2.24, 2.45) is 11.0 Å². The first-order valence-electron chi connectivity index (χ1n) is 8.65. The fraction of sp³-hybridized carbons (Fsp3) is 0.150. The summed E-state index contributed by atoms with van der Waals surface area (Å²) in [6, 6.07) is 11.6. The van der Waals surface area contributed by atoms with Crippen molar-refractivity contribution in [2.75, 3.05) is 5.32 Å². The lowest BCUT2D eigenvalue weighted by Crippen LogP contribution is -2.18. The van der Waals surface area contributed by atoms with E-state index < -0.39 is 0 Å². The highest BCUT2D eigenvalue weighted by atomic mass is 79.9. The molecule has 0 saturated heterocycles. The first-order valence-corrected chi connectivity index (χ1v) is 9.44. The Kier molecular flexibility index (Phi) is 3.65. The number of anilines is 1. The van der Waals surface area contributed by atoms with Crippen molar-refractivity contribution in [1.29, 1.82) is 0 Å². The summed E-state index contributed by atoms with van der Waals surface area (Å²) in [6.45, 7) is 0. The van der Waals surface area contributed by atoms with Gasteiger partial charge in [-0.05, 0) is 42.2 Å². The van der Waals surface area contributed by atoms with Gasteiger partial charge in [-0.25, -0.2) is 5.43 Å². The van der Waals surface area contributed by atoms with Crippen molar-refractivity contribution in [1.82, 2.24) is 10.4 Å². The summed E-state index contributed by atoms with van der Waals surface area (Å²) < 4.78 is 1.02. The normalized spacial score (nSPS) is 20.3. The molecule has 1 aliphatic carbocycles. The van der Waals surface area contributed by atoms with Crippen LogP contribution in [0.1, 0.15) is 33.8 Å². The van der Waals surface area contributed by atoms with Gasteiger partial charge in [0.1, 0.15) is 0 Å². The molecule has 0 radical (unpaired) electrons. The van der Waals surface area contributed by atoms with Crippen LogP contribution < -0.4 is 10.7 Å². The van der Waals surface area contributed by atoms with Gasteiger partial charge in [0.15, 0.2) is 0 Å². The number of aromatic amines is 1. The number of carbonyl (C=O) groups excluding carboxylic acids is 2. The maximum absolute atomic E-state index is 12.7. The molecule has 2 aromatic carbocycles. The van der Waals surface area contributed by atoms with Gasteiger partial charge in [-0.1, -0.05) is 28.1 Å². The molecule has 2 amide bonds. The van der Waals surface area contributed by atoms with E-state index in [0.29, 0.717) is 11.3 Å². The number of hydrogen-bond acceptors (Lipinski definition) is 3. The Bertz CT molecular complexity index is 1130.